The third-order valence-corrected chi connectivity index (χ3v) is 3.10. The molecule has 1 aliphatic heterocycles. The van der Waals surface area contributed by atoms with Crippen LogP contribution in [-0.4, -0.2) is 42.4 Å². The van der Waals surface area contributed by atoms with Crippen LogP contribution in [0.25, 0.3) is 0 Å². The lowest BCUT2D eigenvalue weighted by molar-refractivity contribution is -0.0214. The van der Waals surface area contributed by atoms with Crippen molar-refractivity contribution in [2.45, 2.75) is 26.5 Å². The lowest BCUT2D eigenvalue weighted by Crippen LogP contribution is -2.40. The van der Waals surface area contributed by atoms with Crippen molar-refractivity contribution < 1.29 is 14.6 Å². The second kappa shape index (κ2) is 6.07. The number of ether oxygens (including phenoxy) is 2. The van der Waals surface area contributed by atoms with Gasteiger partial charge in [0.15, 0.2) is 11.5 Å². The van der Waals surface area contributed by atoms with Crippen molar-refractivity contribution >= 4 is 0 Å². The molecule has 4 nitrogen and oxygen atoms in total. The zero-order valence-corrected chi connectivity index (χ0v) is 11.1. The maximum absolute atomic E-state index is 10.1. The number of phenolic OH excluding ortho intramolecular Hbond substituents is 1. The summed E-state index contributed by atoms with van der Waals surface area (Å²) < 4.78 is 10.9. The lowest BCUT2D eigenvalue weighted by atomic mass is 10.1. The van der Waals surface area contributed by atoms with E-state index < -0.39 is 0 Å². The lowest BCUT2D eigenvalue weighted by Gasteiger charge is -2.31. The fraction of sp³-hybridized carbons (Fsp3) is 0.571. The Morgan fingerprint density at radius 3 is 3.06 bits per heavy atom. The fourth-order valence-electron chi connectivity index (χ4n) is 2.24. The summed E-state index contributed by atoms with van der Waals surface area (Å²) in [7, 11) is 0. The predicted molar refractivity (Wildman–Crippen MR) is 70.0 cm³/mol. The molecule has 2 rings (SSSR count). The number of hydrogen-bond acceptors (Lipinski definition) is 4. The Kier molecular flexibility index (Phi) is 4.44. The average molecular weight is 251 g/mol. The van der Waals surface area contributed by atoms with E-state index in [1.54, 1.807) is 6.07 Å². The molecular formula is C14H21NO3. The Morgan fingerprint density at radius 2 is 2.33 bits per heavy atom. The smallest absolute Gasteiger partial charge is 0.162 e. The molecule has 1 heterocycles. The number of rotatable bonds is 4. The van der Waals surface area contributed by atoms with E-state index in [1.807, 2.05) is 19.1 Å². The molecule has 0 bridgehead atoms. The van der Waals surface area contributed by atoms with E-state index in [-0.39, 0.29) is 11.9 Å². The summed E-state index contributed by atoms with van der Waals surface area (Å²) >= 11 is 0. The Hall–Kier alpha value is -1.26. The normalized spacial score (nSPS) is 20.9. The van der Waals surface area contributed by atoms with Crippen LogP contribution in [0.2, 0.25) is 0 Å². The average Bonchev–Trinajstić information content (AvgIpc) is 2.35. The standard InChI is InChI=1S/C14H21NO3/c1-3-17-13-6-4-5-12(14(13)16)10-15-7-8-18-11(2)9-15/h4-6,11,16H,3,7-10H2,1-2H3. The van der Waals surface area contributed by atoms with Gasteiger partial charge in [-0.1, -0.05) is 12.1 Å². The topological polar surface area (TPSA) is 41.9 Å². The van der Waals surface area contributed by atoms with Gasteiger partial charge < -0.3 is 14.6 Å². The van der Waals surface area contributed by atoms with Crippen molar-refractivity contribution in [3.05, 3.63) is 23.8 Å². The summed E-state index contributed by atoms with van der Waals surface area (Å²) in [6.45, 7) is 7.85. The van der Waals surface area contributed by atoms with Crippen LogP contribution in [-0.2, 0) is 11.3 Å². The molecule has 1 aliphatic rings. The monoisotopic (exact) mass is 251 g/mol. The van der Waals surface area contributed by atoms with Gasteiger partial charge in [0.2, 0.25) is 0 Å². The van der Waals surface area contributed by atoms with Crippen LogP contribution in [0.5, 0.6) is 11.5 Å². The molecule has 0 spiro atoms. The summed E-state index contributed by atoms with van der Waals surface area (Å²) in [5, 5.41) is 10.1. The molecule has 4 heteroatoms. The van der Waals surface area contributed by atoms with Crippen molar-refractivity contribution in [3.63, 3.8) is 0 Å². The van der Waals surface area contributed by atoms with E-state index in [0.29, 0.717) is 12.4 Å². The summed E-state index contributed by atoms with van der Waals surface area (Å²) in [5.74, 6) is 0.829. The maximum atomic E-state index is 10.1. The van der Waals surface area contributed by atoms with Crippen molar-refractivity contribution in [1.82, 2.24) is 4.90 Å². The number of hydrogen-bond donors (Lipinski definition) is 1. The van der Waals surface area contributed by atoms with E-state index in [2.05, 4.69) is 11.8 Å². The fourth-order valence-corrected chi connectivity index (χ4v) is 2.24. The molecule has 0 radical (unpaired) electrons. The van der Waals surface area contributed by atoms with Gasteiger partial charge in [0.1, 0.15) is 0 Å². The number of para-hydroxylation sites is 1. The van der Waals surface area contributed by atoms with Gasteiger partial charge in [-0.3, -0.25) is 4.90 Å². The molecule has 0 aromatic heterocycles. The molecule has 100 valence electrons. The van der Waals surface area contributed by atoms with Gasteiger partial charge in [0.05, 0.1) is 19.3 Å². The van der Waals surface area contributed by atoms with Gasteiger partial charge in [0, 0.05) is 25.2 Å². The molecule has 1 unspecified atom stereocenters. The van der Waals surface area contributed by atoms with Crippen LogP contribution >= 0.6 is 0 Å². The van der Waals surface area contributed by atoms with Crippen molar-refractivity contribution in [2.75, 3.05) is 26.3 Å². The third kappa shape index (κ3) is 3.15. The Labute approximate surface area is 108 Å². The predicted octanol–water partition coefficient (Wildman–Crippen LogP) is 2.01. The molecule has 1 fully saturated rings. The number of phenols is 1. The van der Waals surface area contributed by atoms with Crippen LogP contribution in [0.1, 0.15) is 19.4 Å². The first-order valence-electron chi connectivity index (χ1n) is 6.48. The Bertz CT molecular complexity index is 395. The second-order valence-corrected chi connectivity index (χ2v) is 4.61. The number of nitrogens with zero attached hydrogens (tertiary/aromatic N) is 1. The minimum atomic E-state index is 0.260. The molecule has 0 amide bonds. The highest BCUT2D eigenvalue weighted by molar-refractivity contribution is 5.45. The van der Waals surface area contributed by atoms with Gasteiger partial charge in [-0.25, -0.2) is 0 Å². The van der Waals surface area contributed by atoms with Gasteiger partial charge in [-0.05, 0) is 19.9 Å². The van der Waals surface area contributed by atoms with E-state index in [9.17, 15) is 5.11 Å². The first-order chi connectivity index (χ1) is 8.70. The van der Waals surface area contributed by atoms with Crippen LogP contribution in [0.15, 0.2) is 18.2 Å². The van der Waals surface area contributed by atoms with Gasteiger partial charge >= 0.3 is 0 Å². The first kappa shape index (κ1) is 13.2. The summed E-state index contributed by atoms with van der Waals surface area (Å²) in [5.41, 5.74) is 0.912. The Morgan fingerprint density at radius 1 is 1.50 bits per heavy atom. The minimum Gasteiger partial charge on any atom is -0.504 e. The molecular weight excluding hydrogens is 230 g/mol. The third-order valence-electron chi connectivity index (χ3n) is 3.10. The molecule has 1 N–H and O–H groups in total. The summed E-state index contributed by atoms with van der Waals surface area (Å²) in [4.78, 5) is 2.29. The molecule has 18 heavy (non-hydrogen) atoms. The number of morpholine rings is 1. The summed E-state index contributed by atoms with van der Waals surface area (Å²) in [6.07, 6.45) is 0.260. The highest BCUT2D eigenvalue weighted by Gasteiger charge is 2.18. The number of benzene rings is 1. The van der Waals surface area contributed by atoms with Gasteiger partial charge in [0.25, 0.3) is 0 Å². The van der Waals surface area contributed by atoms with E-state index in [0.717, 1.165) is 31.8 Å². The van der Waals surface area contributed by atoms with E-state index >= 15 is 0 Å². The van der Waals surface area contributed by atoms with Gasteiger partial charge in [-0.2, -0.15) is 0 Å². The summed E-state index contributed by atoms with van der Waals surface area (Å²) in [6, 6.07) is 5.66. The van der Waals surface area contributed by atoms with Crippen LogP contribution in [0.4, 0.5) is 0 Å². The molecule has 1 atom stereocenters. The maximum Gasteiger partial charge on any atom is 0.162 e. The van der Waals surface area contributed by atoms with Gasteiger partial charge in [-0.15, -0.1) is 0 Å². The zero-order valence-electron chi connectivity index (χ0n) is 11.1. The van der Waals surface area contributed by atoms with Crippen LogP contribution < -0.4 is 4.74 Å². The van der Waals surface area contributed by atoms with E-state index in [1.165, 1.54) is 0 Å². The number of aromatic hydroxyl groups is 1. The largest absolute Gasteiger partial charge is 0.504 e. The highest BCUT2D eigenvalue weighted by Crippen LogP contribution is 2.30. The zero-order chi connectivity index (χ0) is 13.0. The quantitative estimate of drug-likeness (QED) is 0.889. The molecule has 0 saturated carbocycles. The minimum absolute atomic E-state index is 0.260. The molecule has 1 aromatic carbocycles. The van der Waals surface area contributed by atoms with Crippen molar-refractivity contribution in [1.29, 1.82) is 0 Å². The molecule has 1 saturated heterocycles. The first-order valence-corrected chi connectivity index (χ1v) is 6.48. The van der Waals surface area contributed by atoms with Crippen molar-refractivity contribution in [2.24, 2.45) is 0 Å². The van der Waals surface area contributed by atoms with Crippen LogP contribution in [0, 0.1) is 0 Å². The molecule has 1 aromatic rings. The van der Waals surface area contributed by atoms with E-state index in [4.69, 9.17) is 9.47 Å². The van der Waals surface area contributed by atoms with Crippen molar-refractivity contribution in [3.8, 4) is 11.5 Å². The SMILES string of the molecule is CCOc1cccc(CN2CCOC(C)C2)c1O. The van der Waals surface area contributed by atoms with Crippen LogP contribution in [0.3, 0.4) is 0 Å². The second-order valence-electron chi connectivity index (χ2n) is 4.61. The molecule has 0 aliphatic carbocycles. The highest BCUT2D eigenvalue weighted by atomic mass is 16.5. The Balaban J connectivity index is 2.06.